The highest BCUT2D eigenvalue weighted by Gasteiger charge is 2.09. The van der Waals surface area contributed by atoms with Gasteiger partial charge in [0.05, 0.1) is 4.88 Å². The summed E-state index contributed by atoms with van der Waals surface area (Å²) in [7, 11) is 0. The molecule has 0 aliphatic carbocycles. The third-order valence-electron chi connectivity index (χ3n) is 2.41. The lowest BCUT2D eigenvalue weighted by molar-refractivity contribution is 0.991. The molecule has 3 aromatic rings. The molecule has 0 saturated heterocycles. The van der Waals surface area contributed by atoms with Crippen LogP contribution in [0.3, 0.4) is 0 Å². The summed E-state index contributed by atoms with van der Waals surface area (Å²) in [5, 5.41) is 11.6. The Hall–Kier alpha value is -0.970. The first-order valence-electron chi connectivity index (χ1n) is 5.24. The number of rotatable bonds is 3. The van der Waals surface area contributed by atoms with Crippen molar-refractivity contribution in [2.24, 2.45) is 0 Å². The second kappa shape index (κ2) is 4.72. The molecule has 1 aromatic carbocycles. The predicted molar refractivity (Wildman–Crippen MR) is 75.2 cm³/mol. The summed E-state index contributed by atoms with van der Waals surface area (Å²) in [5.41, 5.74) is 0. The van der Waals surface area contributed by atoms with Crippen molar-refractivity contribution >= 4 is 44.4 Å². The minimum Gasteiger partial charge on any atom is -0.143 e. The number of hydrogen-bond acceptors (Lipinski definition) is 4. The molecule has 0 saturated carbocycles. The van der Waals surface area contributed by atoms with Gasteiger partial charge in [0.1, 0.15) is 5.01 Å². The molecule has 0 radical (unpaired) electrons. The van der Waals surface area contributed by atoms with Gasteiger partial charge in [0.2, 0.25) is 0 Å². The first-order chi connectivity index (χ1) is 8.36. The summed E-state index contributed by atoms with van der Waals surface area (Å²) in [6.45, 7) is 0. The average molecular weight is 281 g/mol. The minimum absolute atomic E-state index is 0.598. The van der Waals surface area contributed by atoms with Crippen LogP contribution in [0.1, 0.15) is 5.01 Å². The maximum Gasteiger partial charge on any atom is 0.157 e. The Morgan fingerprint density at radius 1 is 1.12 bits per heavy atom. The van der Waals surface area contributed by atoms with Crippen molar-refractivity contribution in [3.05, 3.63) is 35.3 Å². The number of halogens is 1. The molecule has 0 unspecified atom stereocenters. The summed E-state index contributed by atoms with van der Waals surface area (Å²) >= 11 is 9.08. The largest absolute Gasteiger partial charge is 0.157 e. The van der Waals surface area contributed by atoms with Gasteiger partial charge in [0, 0.05) is 17.0 Å². The fourth-order valence-corrected chi connectivity index (χ4v) is 3.86. The van der Waals surface area contributed by atoms with E-state index in [0.717, 1.165) is 16.4 Å². The van der Waals surface area contributed by atoms with Crippen LogP contribution in [0, 0.1) is 0 Å². The van der Waals surface area contributed by atoms with E-state index in [-0.39, 0.29) is 0 Å². The molecule has 17 heavy (non-hydrogen) atoms. The molecule has 86 valence electrons. The van der Waals surface area contributed by atoms with Crippen LogP contribution in [0.4, 0.5) is 0 Å². The zero-order valence-electron chi connectivity index (χ0n) is 8.89. The summed E-state index contributed by atoms with van der Waals surface area (Å²) < 4.78 is 1.29. The van der Waals surface area contributed by atoms with Gasteiger partial charge >= 0.3 is 0 Å². The average Bonchev–Trinajstić information content (AvgIpc) is 2.94. The Morgan fingerprint density at radius 2 is 2.00 bits per heavy atom. The fraction of sp³-hybridized carbons (Fsp3) is 0.167. The third-order valence-corrected chi connectivity index (χ3v) is 4.87. The Balaban J connectivity index is 2.01. The van der Waals surface area contributed by atoms with Gasteiger partial charge in [-0.2, -0.15) is 0 Å². The van der Waals surface area contributed by atoms with E-state index in [4.69, 9.17) is 11.6 Å². The number of nitrogens with zero attached hydrogens (tertiary/aromatic N) is 2. The van der Waals surface area contributed by atoms with E-state index in [1.54, 1.807) is 22.7 Å². The molecule has 0 N–H and O–H groups in total. The standard InChI is InChI=1S/C12H9ClN2S2/c13-6-5-11-14-15-12(17-11)10-7-8-3-1-2-4-9(8)16-10/h1-4,7H,5-6H2. The van der Waals surface area contributed by atoms with Crippen molar-refractivity contribution in [2.75, 3.05) is 5.88 Å². The van der Waals surface area contributed by atoms with Crippen LogP contribution in [0.15, 0.2) is 30.3 Å². The summed E-state index contributed by atoms with van der Waals surface area (Å²) in [6.07, 6.45) is 0.796. The van der Waals surface area contributed by atoms with E-state index in [0.29, 0.717) is 5.88 Å². The van der Waals surface area contributed by atoms with E-state index in [9.17, 15) is 0 Å². The van der Waals surface area contributed by atoms with E-state index in [1.165, 1.54) is 15.0 Å². The minimum atomic E-state index is 0.598. The second-order valence-corrected chi connectivity index (χ2v) is 6.11. The van der Waals surface area contributed by atoms with E-state index in [1.807, 2.05) is 0 Å². The Bertz CT molecular complexity index is 612. The highest BCUT2D eigenvalue weighted by Crippen LogP contribution is 2.34. The highest BCUT2D eigenvalue weighted by atomic mass is 35.5. The van der Waals surface area contributed by atoms with Gasteiger partial charge in [-0.25, -0.2) is 0 Å². The molecule has 0 aliphatic rings. The highest BCUT2D eigenvalue weighted by molar-refractivity contribution is 7.25. The van der Waals surface area contributed by atoms with Gasteiger partial charge in [0.15, 0.2) is 5.01 Å². The van der Waals surface area contributed by atoms with Crippen LogP contribution in [0.2, 0.25) is 0 Å². The molecule has 0 spiro atoms. The zero-order chi connectivity index (χ0) is 11.7. The van der Waals surface area contributed by atoms with Crippen LogP contribution in [-0.4, -0.2) is 16.1 Å². The first-order valence-corrected chi connectivity index (χ1v) is 7.41. The molecule has 2 aromatic heterocycles. The SMILES string of the molecule is ClCCc1nnc(-c2cc3ccccc3s2)s1. The van der Waals surface area contributed by atoms with Crippen molar-refractivity contribution < 1.29 is 0 Å². The molecule has 3 rings (SSSR count). The lowest BCUT2D eigenvalue weighted by Crippen LogP contribution is -1.82. The number of aromatic nitrogens is 2. The van der Waals surface area contributed by atoms with Crippen molar-refractivity contribution in [1.82, 2.24) is 10.2 Å². The van der Waals surface area contributed by atoms with Crippen LogP contribution in [-0.2, 0) is 6.42 Å². The zero-order valence-corrected chi connectivity index (χ0v) is 11.3. The van der Waals surface area contributed by atoms with Gasteiger partial charge in [-0.3, -0.25) is 0 Å². The topological polar surface area (TPSA) is 25.8 Å². The van der Waals surface area contributed by atoms with Gasteiger partial charge in [-0.05, 0) is 17.5 Å². The van der Waals surface area contributed by atoms with E-state index in [2.05, 4.69) is 40.5 Å². The van der Waals surface area contributed by atoms with Crippen LogP contribution < -0.4 is 0 Å². The van der Waals surface area contributed by atoms with Crippen LogP contribution in [0.5, 0.6) is 0 Å². The van der Waals surface area contributed by atoms with Crippen molar-refractivity contribution in [1.29, 1.82) is 0 Å². The molecule has 0 fully saturated rings. The summed E-state index contributed by atoms with van der Waals surface area (Å²) in [6, 6.07) is 10.5. The molecule has 0 aliphatic heterocycles. The number of benzene rings is 1. The van der Waals surface area contributed by atoms with Gasteiger partial charge in [-0.1, -0.05) is 29.5 Å². The van der Waals surface area contributed by atoms with Crippen LogP contribution in [0.25, 0.3) is 20.0 Å². The monoisotopic (exact) mass is 280 g/mol. The number of thiophene rings is 1. The normalized spacial score (nSPS) is 11.1. The van der Waals surface area contributed by atoms with Crippen molar-refractivity contribution in [3.63, 3.8) is 0 Å². The lowest BCUT2D eigenvalue weighted by Gasteiger charge is -1.85. The molecule has 0 amide bonds. The molecule has 0 atom stereocenters. The fourth-order valence-electron chi connectivity index (χ4n) is 1.62. The van der Waals surface area contributed by atoms with E-state index >= 15 is 0 Å². The number of alkyl halides is 1. The second-order valence-electron chi connectivity index (χ2n) is 3.59. The quantitative estimate of drug-likeness (QED) is 0.672. The third kappa shape index (κ3) is 2.20. The maximum atomic E-state index is 5.70. The molecule has 2 nitrogen and oxygen atoms in total. The van der Waals surface area contributed by atoms with Gasteiger partial charge in [0.25, 0.3) is 0 Å². The summed E-state index contributed by atoms with van der Waals surface area (Å²) in [4.78, 5) is 1.18. The molecule has 0 bridgehead atoms. The Labute approximate surface area is 112 Å². The smallest absolute Gasteiger partial charge is 0.143 e. The molecule has 5 heteroatoms. The molecule has 2 heterocycles. The predicted octanol–water partition coefficient (Wildman–Crippen LogP) is 4.20. The van der Waals surface area contributed by atoms with Gasteiger partial charge in [-0.15, -0.1) is 33.1 Å². The number of aryl methyl sites for hydroxylation is 1. The summed E-state index contributed by atoms with van der Waals surface area (Å²) in [5.74, 6) is 0.598. The van der Waals surface area contributed by atoms with Gasteiger partial charge < -0.3 is 0 Å². The first kappa shape index (κ1) is 11.1. The molecular formula is C12H9ClN2S2. The number of fused-ring (bicyclic) bond motifs is 1. The van der Waals surface area contributed by atoms with Crippen LogP contribution >= 0.6 is 34.3 Å². The van der Waals surface area contributed by atoms with Crippen molar-refractivity contribution in [2.45, 2.75) is 6.42 Å². The Kier molecular flexibility index (Phi) is 3.09. The number of hydrogen-bond donors (Lipinski definition) is 0. The molecular weight excluding hydrogens is 272 g/mol. The van der Waals surface area contributed by atoms with Crippen molar-refractivity contribution in [3.8, 4) is 9.88 Å². The van der Waals surface area contributed by atoms with E-state index < -0.39 is 0 Å². The lowest BCUT2D eigenvalue weighted by atomic mass is 10.2. The maximum absolute atomic E-state index is 5.70. The Morgan fingerprint density at radius 3 is 2.82 bits per heavy atom.